The van der Waals surface area contributed by atoms with E-state index in [1.54, 1.807) is 12.1 Å². The highest BCUT2D eigenvalue weighted by Gasteiger charge is 2.34. The van der Waals surface area contributed by atoms with Crippen LogP contribution in [-0.4, -0.2) is 16.6 Å². The van der Waals surface area contributed by atoms with Crippen molar-refractivity contribution in [2.45, 2.75) is 0 Å². The zero-order valence-electron chi connectivity index (χ0n) is 16.7. The molecule has 0 spiro atoms. The molecule has 152 valence electrons. The second-order valence-corrected chi connectivity index (χ2v) is 8.64. The molecular weight excluding hydrogens is 418 g/mol. The molecule has 2 aromatic heterocycles. The molecule has 2 heterocycles. The topological polar surface area (TPSA) is 60.2 Å². The molecule has 0 bridgehead atoms. The van der Waals surface area contributed by atoms with Gasteiger partial charge in [-0.2, -0.15) is 4.98 Å². The highest BCUT2D eigenvalue weighted by Crippen LogP contribution is 2.33. The molecule has 4 nitrogen and oxygen atoms in total. The minimum atomic E-state index is -0.288. The van der Waals surface area contributed by atoms with Gasteiger partial charge in [0.2, 0.25) is 5.89 Å². The van der Waals surface area contributed by atoms with Crippen LogP contribution in [0.25, 0.3) is 39.4 Å². The second-order valence-electron chi connectivity index (χ2n) is 7.58. The van der Waals surface area contributed by atoms with Gasteiger partial charge in [-0.05, 0) is 34.5 Å². The maximum absolute atomic E-state index is 12.9. The van der Waals surface area contributed by atoms with Crippen molar-refractivity contribution in [3.05, 3.63) is 106 Å². The fourth-order valence-corrected chi connectivity index (χ4v) is 4.78. The molecule has 0 saturated heterocycles. The normalized spacial score (nSPS) is 13.6. The summed E-state index contributed by atoms with van der Waals surface area (Å²) in [6, 6.07) is 23.2. The van der Waals surface area contributed by atoms with E-state index in [4.69, 9.17) is 4.42 Å². The van der Waals surface area contributed by atoms with E-state index < -0.39 is 0 Å². The summed E-state index contributed by atoms with van der Waals surface area (Å²) in [5, 5.41) is 1.86. The molecule has 1 aliphatic rings. The summed E-state index contributed by atoms with van der Waals surface area (Å²) in [5.41, 5.74) is 2.70. The molecule has 3 aromatic carbocycles. The van der Waals surface area contributed by atoms with Gasteiger partial charge in [0.25, 0.3) is 0 Å². The average Bonchev–Trinajstić information content (AvgIpc) is 3.44. The van der Waals surface area contributed by atoms with Crippen LogP contribution >= 0.6 is 11.3 Å². The first-order valence-corrected chi connectivity index (χ1v) is 10.9. The first-order valence-electron chi connectivity index (χ1n) is 10.1. The Morgan fingerprint density at radius 3 is 2.09 bits per heavy atom. The van der Waals surface area contributed by atoms with E-state index in [-0.39, 0.29) is 23.0 Å². The number of allylic oxidation sites excluding steroid dienone is 1. The number of aromatic nitrogens is 1. The van der Waals surface area contributed by atoms with Gasteiger partial charge in [0, 0.05) is 28.1 Å². The number of oxazole rings is 1. The van der Waals surface area contributed by atoms with Gasteiger partial charge >= 0.3 is 0 Å². The molecule has 32 heavy (non-hydrogen) atoms. The number of fused-ring (bicyclic) bond motifs is 3. The minimum absolute atomic E-state index is 0.0911. The summed E-state index contributed by atoms with van der Waals surface area (Å²) in [4.78, 5) is 32.1. The minimum Gasteiger partial charge on any atom is -0.436 e. The number of carbonyl (C=O) groups is 2. The largest absolute Gasteiger partial charge is 0.436 e. The zero-order chi connectivity index (χ0) is 21.7. The van der Waals surface area contributed by atoms with Crippen LogP contribution in [0.2, 0.25) is 0 Å². The summed E-state index contributed by atoms with van der Waals surface area (Å²) >= 11 is 1.50. The highest BCUT2D eigenvalue weighted by atomic mass is 32.1. The van der Waals surface area contributed by atoms with Crippen LogP contribution in [0, 0.1) is 0 Å². The van der Waals surface area contributed by atoms with Crippen molar-refractivity contribution in [3.63, 3.8) is 0 Å². The van der Waals surface area contributed by atoms with E-state index in [1.807, 2.05) is 72.8 Å². The number of carbonyl (C=O) groups excluding carboxylic acids is 2. The molecule has 5 aromatic rings. The average molecular weight is 433 g/mol. The first kappa shape index (κ1) is 18.7. The Morgan fingerprint density at radius 1 is 0.781 bits per heavy atom. The van der Waals surface area contributed by atoms with Gasteiger partial charge in [0.05, 0.1) is 5.57 Å². The van der Waals surface area contributed by atoms with Crippen LogP contribution in [0.3, 0.4) is 0 Å². The van der Waals surface area contributed by atoms with E-state index in [1.165, 1.54) is 17.4 Å². The van der Waals surface area contributed by atoms with E-state index in [0.717, 1.165) is 26.0 Å². The Bertz CT molecular complexity index is 1510. The molecule has 5 heteroatoms. The van der Waals surface area contributed by atoms with Crippen molar-refractivity contribution < 1.29 is 14.0 Å². The summed E-state index contributed by atoms with van der Waals surface area (Å²) in [7, 11) is 0. The number of hydrogen-bond donors (Lipinski definition) is 0. The molecular formula is C27H15NO3S. The van der Waals surface area contributed by atoms with Crippen LogP contribution in [0.1, 0.15) is 37.0 Å². The van der Waals surface area contributed by atoms with Crippen molar-refractivity contribution in [2.24, 2.45) is 0 Å². The molecule has 0 N–H and O–H groups in total. The molecule has 0 unspecified atom stereocenters. The number of ketones is 2. The number of Topliss-reactive ketones (excluding diaryl/α,β-unsaturated/α-hetero) is 2. The van der Waals surface area contributed by atoms with Crippen LogP contribution < -0.4 is 0 Å². The lowest BCUT2D eigenvalue weighted by atomic mass is 10.0. The van der Waals surface area contributed by atoms with E-state index >= 15 is 0 Å². The quantitative estimate of drug-likeness (QED) is 0.235. The monoisotopic (exact) mass is 433 g/mol. The zero-order valence-corrected chi connectivity index (χ0v) is 17.6. The van der Waals surface area contributed by atoms with Crippen molar-refractivity contribution >= 4 is 62.3 Å². The lowest BCUT2D eigenvalue weighted by molar-refractivity contribution is 0.0990. The Balaban J connectivity index is 1.32. The van der Waals surface area contributed by atoms with Crippen LogP contribution in [0.4, 0.5) is 0 Å². The fourth-order valence-electron chi connectivity index (χ4n) is 3.92. The number of rotatable bonds is 3. The Kier molecular flexibility index (Phi) is 4.23. The van der Waals surface area contributed by atoms with Gasteiger partial charge in [-0.1, -0.05) is 60.7 Å². The highest BCUT2D eigenvalue weighted by molar-refractivity contribution is 7.19. The molecule has 0 atom stereocenters. The number of hydrogen-bond acceptors (Lipinski definition) is 5. The summed E-state index contributed by atoms with van der Waals surface area (Å²) in [6.07, 6.45) is 5.51. The van der Waals surface area contributed by atoms with Crippen molar-refractivity contribution in [1.82, 2.24) is 4.98 Å². The third kappa shape index (κ3) is 3.11. The fraction of sp³-hybridized carbons (Fsp3) is 0. The van der Waals surface area contributed by atoms with E-state index in [0.29, 0.717) is 16.7 Å². The molecule has 0 radical (unpaired) electrons. The maximum atomic E-state index is 12.9. The van der Waals surface area contributed by atoms with Gasteiger partial charge in [0.15, 0.2) is 22.0 Å². The van der Waals surface area contributed by atoms with Crippen molar-refractivity contribution in [2.75, 3.05) is 0 Å². The standard InChI is InChI=1S/C27H15NO3S/c29-25-20-12-17-8-4-5-9-18(17)13-21(20)26(30)22(25)15-24-28-27-23(31-24)14-19(32-27)11-10-16-6-2-1-3-7-16/h1-15H/b11-10+. The third-order valence-electron chi connectivity index (χ3n) is 5.50. The van der Waals surface area contributed by atoms with Gasteiger partial charge in [-0.3, -0.25) is 9.59 Å². The van der Waals surface area contributed by atoms with E-state index in [9.17, 15) is 9.59 Å². The van der Waals surface area contributed by atoms with Crippen LogP contribution in [-0.2, 0) is 0 Å². The Hall–Kier alpha value is -4.09. The lowest BCUT2D eigenvalue weighted by Gasteiger charge is -2.00. The summed E-state index contributed by atoms with van der Waals surface area (Å²) in [6.45, 7) is 0. The predicted octanol–water partition coefficient (Wildman–Crippen LogP) is 6.68. The molecule has 0 saturated carbocycles. The predicted molar refractivity (Wildman–Crippen MR) is 128 cm³/mol. The van der Waals surface area contributed by atoms with Gasteiger partial charge in [0.1, 0.15) is 0 Å². The van der Waals surface area contributed by atoms with Gasteiger partial charge in [-0.25, -0.2) is 0 Å². The molecule has 6 rings (SSSR count). The number of nitrogens with zero attached hydrogens (tertiary/aromatic N) is 1. The van der Waals surface area contributed by atoms with Crippen LogP contribution in [0.15, 0.2) is 82.8 Å². The Morgan fingerprint density at radius 2 is 1.44 bits per heavy atom. The van der Waals surface area contributed by atoms with E-state index in [2.05, 4.69) is 4.98 Å². The van der Waals surface area contributed by atoms with Crippen molar-refractivity contribution in [1.29, 1.82) is 0 Å². The van der Waals surface area contributed by atoms with Crippen molar-refractivity contribution in [3.8, 4) is 0 Å². The van der Waals surface area contributed by atoms with Gasteiger partial charge in [-0.15, -0.1) is 11.3 Å². The maximum Gasteiger partial charge on any atom is 0.221 e. The van der Waals surface area contributed by atoms with Crippen LogP contribution in [0.5, 0.6) is 0 Å². The van der Waals surface area contributed by atoms with Gasteiger partial charge < -0.3 is 4.42 Å². The molecule has 0 aliphatic heterocycles. The molecule has 1 aliphatic carbocycles. The smallest absolute Gasteiger partial charge is 0.221 e. The third-order valence-corrected chi connectivity index (χ3v) is 6.47. The summed E-state index contributed by atoms with van der Waals surface area (Å²) in [5.74, 6) is -0.313. The lowest BCUT2D eigenvalue weighted by Crippen LogP contribution is -2.00. The number of thiophene rings is 1. The summed E-state index contributed by atoms with van der Waals surface area (Å²) < 4.78 is 5.82. The SMILES string of the molecule is O=C1C(=Cc2nc3sc(/C=C/c4ccccc4)cc3o2)C(=O)c2cc3ccccc3cc21. The Labute approximate surface area is 187 Å². The first-order chi connectivity index (χ1) is 15.7. The second kappa shape index (κ2) is 7.25. The molecule has 0 amide bonds. The molecule has 0 fully saturated rings. The number of benzene rings is 3.